The molecule has 5 heteroatoms. The second kappa shape index (κ2) is 5.89. The Balaban J connectivity index is 1.79. The highest BCUT2D eigenvalue weighted by atomic mass is 35.5. The summed E-state index contributed by atoms with van der Waals surface area (Å²) >= 11 is 5.92. The highest BCUT2D eigenvalue weighted by molar-refractivity contribution is 6.33. The number of anilines is 1. The predicted molar refractivity (Wildman–Crippen MR) is 67.4 cm³/mol. The summed E-state index contributed by atoms with van der Waals surface area (Å²) in [5, 5.41) is 6.35. The molecule has 0 spiro atoms. The molecule has 1 aromatic carbocycles. The second-order valence-corrected chi connectivity index (χ2v) is 4.47. The fourth-order valence-corrected chi connectivity index (χ4v) is 1.94. The first-order valence-corrected chi connectivity index (χ1v) is 6.02. The van der Waals surface area contributed by atoms with Crippen LogP contribution in [0.1, 0.15) is 6.42 Å². The van der Waals surface area contributed by atoms with Crippen LogP contribution in [0.15, 0.2) is 24.3 Å². The zero-order chi connectivity index (χ0) is 12.1. The maximum absolute atomic E-state index is 11.5. The van der Waals surface area contributed by atoms with E-state index in [0.717, 1.165) is 19.5 Å². The number of nitrogens with one attached hydrogen (secondary N) is 2. The van der Waals surface area contributed by atoms with Gasteiger partial charge >= 0.3 is 6.09 Å². The van der Waals surface area contributed by atoms with Crippen molar-refractivity contribution in [1.29, 1.82) is 0 Å². The number of halogens is 1. The predicted octanol–water partition coefficient (Wildman–Crippen LogP) is 2.50. The molecule has 2 N–H and O–H groups in total. The van der Waals surface area contributed by atoms with E-state index < -0.39 is 6.09 Å². The normalized spacial score (nSPS) is 19.0. The smallest absolute Gasteiger partial charge is 0.411 e. The van der Waals surface area contributed by atoms with Crippen molar-refractivity contribution in [3.05, 3.63) is 29.3 Å². The van der Waals surface area contributed by atoms with Gasteiger partial charge in [-0.3, -0.25) is 5.32 Å². The van der Waals surface area contributed by atoms with Crippen molar-refractivity contribution in [2.75, 3.05) is 25.0 Å². The van der Waals surface area contributed by atoms with E-state index in [0.29, 0.717) is 23.2 Å². The van der Waals surface area contributed by atoms with E-state index >= 15 is 0 Å². The van der Waals surface area contributed by atoms with Gasteiger partial charge in [0.05, 0.1) is 17.3 Å². The highest BCUT2D eigenvalue weighted by Gasteiger charge is 2.16. The average Bonchev–Trinajstić information content (AvgIpc) is 2.82. The molecule has 1 amide bonds. The van der Waals surface area contributed by atoms with Crippen LogP contribution in [-0.4, -0.2) is 25.8 Å². The minimum absolute atomic E-state index is 0.423. The van der Waals surface area contributed by atoms with E-state index in [1.165, 1.54) is 0 Å². The van der Waals surface area contributed by atoms with Crippen molar-refractivity contribution in [1.82, 2.24) is 5.32 Å². The van der Waals surface area contributed by atoms with Gasteiger partial charge in [0.1, 0.15) is 0 Å². The maximum Gasteiger partial charge on any atom is 0.411 e. The number of carbonyl (C=O) groups is 1. The number of ether oxygens (including phenoxy) is 1. The molecule has 1 unspecified atom stereocenters. The Bertz CT molecular complexity index is 392. The molecule has 4 nitrogen and oxygen atoms in total. The molecule has 1 saturated heterocycles. The Morgan fingerprint density at radius 3 is 3.06 bits per heavy atom. The number of benzene rings is 1. The van der Waals surface area contributed by atoms with Gasteiger partial charge in [-0.05, 0) is 25.1 Å². The van der Waals surface area contributed by atoms with Crippen molar-refractivity contribution in [2.24, 2.45) is 5.92 Å². The van der Waals surface area contributed by atoms with Crippen LogP contribution in [0.4, 0.5) is 10.5 Å². The fraction of sp³-hybridized carbons (Fsp3) is 0.417. The summed E-state index contributed by atoms with van der Waals surface area (Å²) in [5.41, 5.74) is 0.573. The van der Waals surface area contributed by atoms with Gasteiger partial charge in [0, 0.05) is 12.5 Å². The van der Waals surface area contributed by atoms with Crippen LogP contribution in [0.2, 0.25) is 5.02 Å². The van der Waals surface area contributed by atoms with E-state index in [1.807, 2.05) is 12.1 Å². The number of rotatable bonds is 3. The Hall–Kier alpha value is -1.26. The number of hydrogen-bond donors (Lipinski definition) is 2. The fourth-order valence-electron chi connectivity index (χ4n) is 1.76. The van der Waals surface area contributed by atoms with Crippen LogP contribution in [0.25, 0.3) is 0 Å². The molecule has 0 aliphatic carbocycles. The molecule has 17 heavy (non-hydrogen) atoms. The molecule has 1 aromatic rings. The van der Waals surface area contributed by atoms with Crippen molar-refractivity contribution in [3.63, 3.8) is 0 Å². The third-order valence-electron chi connectivity index (χ3n) is 2.72. The summed E-state index contributed by atoms with van der Waals surface area (Å²) in [4.78, 5) is 11.5. The zero-order valence-corrected chi connectivity index (χ0v) is 10.2. The van der Waals surface area contributed by atoms with Crippen LogP contribution < -0.4 is 10.6 Å². The first kappa shape index (κ1) is 12.2. The van der Waals surface area contributed by atoms with Gasteiger partial charge in [0.15, 0.2) is 0 Å². The number of para-hydroxylation sites is 1. The number of amides is 1. The molecule has 0 bridgehead atoms. The molecule has 92 valence electrons. The lowest BCUT2D eigenvalue weighted by Gasteiger charge is -2.11. The first-order valence-electron chi connectivity index (χ1n) is 5.65. The monoisotopic (exact) mass is 254 g/mol. The summed E-state index contributed by atoms with van der Waals surface area (Å²) in [6, 6.07) is 7.07. The summed E-state index contributed by atoms with van der Waals surface area (Å²) in [6.07, 6.45) is 0.601. The summed E-state index contributed by atoms with van der Waals surface area (Å²) in [7, 11) is 0. The van der Waals surface area contributed by atoms with Crippen LogP contribution in [0.3, 0.4) is 0 Å². The lowest BCUT2D eigenvalue weighted by Crippen LogP contribution is -2.20. The Kier molecular flexibility index (Phi) is 4.23. The molecule has 1 aliphatic rings. The van der Waals surface area contributed by atoms with Gasteiger partial charge in [-0.15, -0.1) is 0 Å². The van der Waals surface area contributed by atoms with Crippen molar-refractivity contribution >= 4 is 23.4 Å². The van der Waals surface area contributed by atoms with Crippen LogP contribution in [0, 0.1) is 5.92 Å². The van der Waals surface area contributed by atoms with Gasteiger partial charge in [-0.25, -0.2) is 4.79 Å². The zero-order valence-electron chi connectivity index (χ0n) is 9.41. The molecule has 0 radical (unpaired) electrons. The first-order chi connectivity index (χ1) is 8.25. The molecular formula is C12H15ClN2O2. The van der Waals surface area contributed by atoms with Gasteiger partial charge in [-0.1, -0.05) is 23.7 Å². The number of hydrogen-bond acceptors (Lipinski definition) is 3. The lowest BCUT2D eigenvalue weighted by atomic mass is 10.1. The van der Waals surface area contributed by atoms with Crippen molar-refractivity contribution in [3.8, 4) is 0 Å². The third kappa shape index (κ3) is 3.61. The molecule has 1 atom stereocenters. The maximum atomic E-state index is 11.5. The standard InChI is InChI=1S/C12H15ClN2O2/c13-10-3-1-2-4-11(10)15-12(16)17-8-9-5-6-14-7-9/h1-4,9,14H,5-8H2,(H,15,16). The minimum atomic E-state index is -0.454. The van der Waals surface area contributed by atoms with Gasteiger partial charge in [-0.2, -0.15) is 0 Å². The lowest BCUT2D eigenvalue weighted by molar-refractivity contribution is 0.144. The van der Waals surface area contributed by atoms with E-state index in [9.17, 15) is 4.79 Å². The Labute approximate surface area is 105 Å². The van der Waals surface area contributed by atoms with Crippen LogP contribution >= 0.6 is 11.6 Å². The molecule has 1 fully saturated rings. The molecule has 0 saturated carbocycles. The van der Waals surface area contributed by atoms with E-state index in [2.05, 4.69) is 10.6 Å². The molecule has 0 aromatic heterocycles. The SMILES string of the molecule is O=C(Nc1ccccc1Cl)OCC1CCNC1. The van der Waals surface area contributed by atoms with E-state index in [-0.39, 0.29) is 0 Å². The van der Waals surface area contributed by atoms with Gasteiger partial charge in [0.2, 0.25) is 0 Å². The number of carbonyl (C=O) groups excluding carboxylic acids is 1. The average molecular weight is 255 g/mol. The quantitative estimate of drug-likeness (QED) is 0.871. The Morgan fingerprint density at radius 2 is 2.35 bits per heavy atom. The van der Waals surface area contributed by atoms with Crippen molar-refractivity contribution in [2.45, 2.75) is 6.42 Å². The van der Waals surface area contributed by atoms with Crippen LogP contribution in [-0.2, 0) is 4.74 Å². The molecule has 1 aliphatic heterocycles. The topological polar surface area (TPSA) is 50.4 Å². The highest BCUT2D eigenvalue weighted by Crippen LogP contribution is 2.20. The molecular weight excluding hydrogens is 240 g/mol. The Morgan fingerprint density at radius 1 is 1.53 bits per heavy atom. The summed E-state index contributed by atoms with van der Waals surface area (Å²) in [5.74, 6) is 0.423. The summed E-state index contributed by atoms with van der Waals surface area (Å²) in [6.45, 7) is 2.36. The van der Waals surface area contributed by atoms with Gasteiger partial charge < -0.3 is 10.1 Å². The van der Waals surface area contributed by atoms with E-state index in [1.54, 1.807) is 12.1 Å². The van der Waals surface area contributed by atoms with Gasteiger partial charge in [0.25, 0.3) is 0 Å². The molecule has 2 rings (SSSR count). The van der Waals surface area contributed by atoms with E-state index in [4.69, 9.17) is 16.3 Å². The summed E-state index contributed by atoms with van der Waals surface area (Å²) < 4.78 is 5.14. The third-order valence-corrected chi connectivity index (χ3v) is 3.05. The minimum Gasteiger partial charge on any atom is -0.449 e. The van der Waals surface area contributed by atoms with Crippen LogP contribution in [0.5, 0.6) is 0 Å². The largest absolute Gasteiger partial charge is 0.449 e. The van der Waals surface area contributed by atoms with Crippen molar-refractivity contribution < 1.29 is 9.53 Å². The molecule has 1 heterocycles. The second-order valence-electron chi connectivity index (χ2n) is 4.06.